The zero-order valence-corrected chi connectivity index (χ0v) is 19.2. The molecule has 2 atom stereocenters. The number of carbonyl (C=O) groups is 2. The molecule has 4 aromatic carbocycles. The normalized spacial score (nSPS) is 12.4. The van der Waals surface area contributed by atoms with Gasteiger partial charge in [0.05, 0.1) is 26.1 Å². The molecule has 0 fully saturated rings. The first kappa shape index (κ1) is 23.0. The Morgan fingerprint density at radius 3 is 1.35 bits per heavy atom. The average molecular weight is 451 g/mol. The Morgan fingerprint density at radius 1 is 0.500 bits per heavy atom. The lowest BCUT2D eigenvalue weighted by Crippen LogP contribution is -2.27. The van der Waals surface area contributed by atoms with Gasteiger partial charge in [0.2, 0.25) is 0 Å². The third kappa shape index (κ3) is 4.91. The monoisotopic (exact) mass is 450 g/mol. The van der Waals surface area contributed by atoms with Gasteiger partial charge in [-0.15, -0.1) is 0 Å². The summed E-state index contributed by atoms with van der Waals surface area (Å²) in [5.41, 5.74) is 2.62. The summed E-state index contributed by atoms with van der Waals surface area (Å²) < 4.78 is 10.6. The topological polar surface area (TPSA) is 52.6 Å². The predicted molar refractivity (Wildman–Crippen MR) is 133 cm³/mol. The first-order valence-electron chi connectivity index (χ1n) is 11.1. The van der Waals surface area contributed by atoms with Crippen molar-refractivity contribution >= 4 is 11.6 Å². The van der Waals surface area contributed by atoms with E-state index in [1.54, 1.807) is 50.6 Å². The molecule has 4 rings (SSSR count). The highest BCUT2D eigenvalue weighted by molar-refractivity contribution is 6.09. The van der Waals surface area contributed by atoms with Crippen molar-refractivity contribution in [1.82, 2.24) is 0 Å². The molecule has 0 aromatic heterocycles. The van der Waals surface area contributed by atoms with Crippen molar-refractivity contribution in [2.75, 3.05) is 14.2 Å². The number of carbonyl (C=O) groups excluding carboxylic acids is 2. The minimum atomic E-state index is -0.727. The van der Waals surface area contributed by atoms with E-state index in [1.807, 2.05) is 72.8 Å². The standard InChI is InChI=1S/C30H26O4/c1-33-25-17-13-22(14-18-25)28(30(32)24-15-19-26(34-2)20-16-24)27(21-9-5-3-6-10-21)29(31)23-11-7-4-8-12-23/h3-20,27-28H,1-2H3. The zero-order valence-electron chi connectivity index (χ0n) is 19.2. The minimum absolute atomic E-state index is 0.102. The van der Waals surface area contributed by atoms with Gasteiger partial charge in [-0.05, 0) is 47.5 Å². The highest BCUT2D eigenvalue weighted by Gasteiger charge is 2.37. The van der Waals surface area contributed by atoms with Crippen LogP contribution in [0.2, 0.25) is 0 Å². The van der Waals surface area contributed by atoms with Crippen LogP contribution in [0.15, 0.2) is 109 Å². The summed E-state index contributed by atoms with van der Waals surface area (Å²) in [6.07, 6.45) is 0. The van der Waals surface area contributed by atoms with Crippen LogP contribution in [0.1, 0.15) is 43.7 Å². The second kappa shape index (κ2) is 10.6. The maximum Gasteiger partial charge on any atom is 0.171 e. The van der Waals surface area contributed by atoms with Crippen LogP contribution in [0, 0.1) is 0 Å². The third-order valence-corrected chi connectivity index (χ3v) is 5.96. The lowest BCUT2D eigenvalue weighted by Gasteiger charge is -2.27. The second-order valence-electron chi connectivity index (χ2n) is 7.96. The summed E-state index contributed by atoms with van der Waals surface area (Å²) in [6, 6.07) is 33.0. The van der Waals surface area contributed by atoms with Gasteiger partial charge in [0.25, 0.3) is 0 Å². The lowest BCUT2D eigenvalue weighted by atomic mass is 9.73. The number of hydrogen-bond acceptors (Lipinski definition) is 4. The molecule has 170 valence electrons. The quantitative estimate of drug-likeness (QED) is 0.279. The molecule has 0 heterocycles. The van der Waals surface area contributed by atoms with Crippen LogP contribution in [0.25, 0.3) is 0 Å². The predicted octanol–water partition coefficient (Wildman–Crippen LogP) is 6.34. The third-order valence-electron chi connectivity index (χ3n) is 5.96. The van der Waals surface area contributed by atoms with Gasteiger partial charge in [-0.3, -0.25) is 9.59 Å². The van der Waals surface area contributed by atoms with E-state index in [9.17, 15) is 9.59 Å². The molecular formula is C30H26O4. The molecule has 0 aliphatic heterocycles. The van der Waals surface area contributed by atoms with Crippen molar-refractivity contribution in [3.8, 4) is 11.5 Å². The fraction of sp³-hybridized carbons (Fsp3) is 0.133. The van der Waals surface area contributed by atoms with Crippen LogP contribution in [-0.4, -0.2) is 25.8 Å². The molecule has 0 radical (unpaired) electrons. The number of rotatable bonds is 9. The van der Waals surface area contributed by atoms with E-state index in [2.05, 4.69) is 0 Å². The Balaban J connectivity index is 1.88. The molecule has 0 amide bonds. The van der Waals surface area contributed by atoms with Gasteiger partial charge >= 0.3 is 0 Å². The molecule has 0 bridgehead atoms. The SMILES string of the molecule is COc1ccc(C(=O)C(c2ccc(OC)cc2)C(C(=O)c2ccccc2)c2ccccc2)cc1. The highest BCUT2D eigenvalue weighted by Crippen LogP contribution is 2.39. The molecular weight excluding hydrogens is 424 g/mol. The summed E-state index contributed by atoms with van der Waals surface area (Å²) >= 11 is 0. The first-order chi connectivity index (χ1) is 16.6. The van der Waals surface area contributed by atoms with Crippen LogP contribution >= 0.6 is 0 Å². The van der Waals surface area contributed by atoms with E-state index in [0.29, 0.717) is 22.6 Å². The van der Waals surface area contributed by atoms with E-state index < -0.39 is 11.8 Å². The van der Waals surface area contributed by atoms with Crippen LogP contribution in [0.3, 0.4) is 0 Å². The number of Topliss-reactive ketones (excluding diaryl/α,β-unsaturated/α-hetero) is 2. The Labute approximate surface area is 199 Å². The summed E-state index contributed by atoms with van der Waals surface area (Å²) in [5.74, 6) is -0.316. The minimum Gasteiger partial charge on any atom is -0.497 e. The molecule has 0 saturated carbocycles. The van der Waals surface area contributed by atoms with E-state index in [0.717, 1.165) is 11.1 Å². The van der Waals surface area contributed by atoms with Gasteiger partial charge in [-0.25, -0.2) is 0 Å². The summed E-state index contributed by atoms with van der Waals surface area (Å²) in [5, 5.41) is 0. The Bertz CT molecular complexity index is 1230. The fourth-order valence-electron chi connectivity index (χ4n) is 4.18. The molecule has 0 spiro atoms. The van der Waals surface area contributed by atoms with Crippen molar-refractivity contribution in [1.29, 1.82) is 0 Å². The van der Waals surface area contributed by atoms with Crippen LogP contribution in [0.5, 0.6) is 11.5 Å². The average Bonchev–Trinajstić information content (AvgIpc) is 2.92. The van der Waals surface area contributed by atoms with Gasteiger partial charge in [0, 0.05) is 11.1 Å². The van der Waals surface area contributed by atoms with E-state index in [-0.39, 0.29) is 11.6 Å². The Morgan fingerprint density at radius 2 is 0.882 bits per heavy atom. The fourth-order valence-corrected chi connectivity index (χ4v) is 4.18. The lowest BCUT2D eigenvalue weighted by molar-refractivity contribution is 0.0866. The highest BCUT2D eigenvalue weighted by atomic mass is 16.5. The van der Waals surface area contributed by atoms with Crippen molar-refractivity contribution in [3.63, 3.8) is 0 Å². The van der Waals surface area contributed by atoms with Gasteiger partial charge in [0.15, 0.2) is 11.6 Å². The number of ketones is 2. The molecule has 4 heteroatoms. The maximum absolute atomic E-state index is 14.0. The van der Waals surface area contributed by atoms with Crippen molar-refractivity contribution in [3.05, 3.63) is 131 Å². The number of ether oxygens (including phenoxy) is 2. The molecule has 2 unspecified atom stereocenters. The van der Waals surface area contributed by atoms with E-state index in [4.69, 9.17) is 9.47 Å². The molecule has 0 saturated heterocycles. The first-order valence-corrected chi connectivity index (χ1v) is 11.1. The van der Waals surface area contributed by atoms with Crippen LogP contribution in [0.4, 0.5) is 0 Å². The second-order valence-corrected chi connectivity index (χ2v) is 7.96. The van der Waals surface area contributed by atoms with E-state index in [1.165, 1.54) is 0 Å². The summed E-state index contributed by atoms with van der Waals surface area (Å²) in [6.45, 7) is 0. The summed E-state index contributed by atoms with van der Waals surface area (Å²) in [4.78, 5) is 27.9. The van der Waals surface area contributed by atoms with E-state index >= 15 is 0 Å². The summed E-state index contributed by atoms with van der Waals surface area (Å²) in [7, 11) is 3.18. The van der Waals surface area contributed by atoms with Crippen molar-refractivity contribution in [2.24, 2.45) is 0 Å². The number of hydrogen-bond donors (Lipinski definition) is 0. The molecule has 0 aliphatic carbocycles. The number of methoxy groups -OCH3 is 2. The van der Waals surface area contributed by atoms with Gasteiger partial charge in [0.1, 0.15) is 11.5 Å². The number of benzene rings is 4. The van der Waals surface area contributed by atoms with Gasteiger partial charge in [-0.2, -0.15) is 0 Å². The molecule has 4 aromatic rings. The van der Waals surface area contributed by atoms with Crippen LogP contribution in [-0.2, 0) is 0 Å². The molecule has 0 N–H and O–H groups in total. The largest absolute Gasteiger partial charge is 0.497 e. The van der Waals surface area contributed by atoms with Crippen LogP contribution < -0.4 is 9.47 Å². The Hall–Kier alpha value is -4.18. The van der Waals surface area contributed by atoms with Crippen molar-refractivity contribution in [2.45, 2.75) is 11.8 Å². The maximum atomic E-state index is 14.0. The molecule has 34 heavy (non-hydrogen) atoms. The van der Waals surface area contributed by atoms with Gasteiger partial charge in [-0.1, -0.05) is 72.8 Å². The smallest absolute Gasteiger partial charge is 0.171 e. The van der Waals surface area contributed by atoms with Gasteiger partial charge < -0.3 is 9.47 Å². The Kier molecular flexibility index (Phi) is 7.19. The van der Waals surface area contributed by atoms with Crippen molar-refractivity contribution < 1.29 is 19.1 Å². The molecule has 0 aliphatic rings. The zero-order chi connectivity index (χ0) is 23.9. The molecule has 4 nitrogen and oxygen atoms in total.